The first kappa shape index (κ1) is 14.1. The van der Waals surface area contributed by atoms with Crippen molar-refractivity contribution in [3.8, 4) is 0 Å². The minimum atomic E-state index is -0.127. The highest BCUT2D eigenvalue weighted by atomic mass is 79.9. The van der Waals surface area contributed by atoms with Gasteiger partial charge in [0.2, 0.25) is 0 Å². The summed E-state index contributed by atoms with van der Waals surface area (Å²) in [7, 11) is 0. The molecule has 16 heavy (non-hydrogen) atoms. The fourth-order valence-corrected chi connectivity index (χ4v) is 2.62. The van der Waals surface area contributed by atoms with Crippen LogP contribution in [-0.4, -0.2) is 22.7 Å². The van der Waals surface area contributed by atoms with E-state index in [2.05, 4.69) is 56.0 Å². The number of aliphatic hydroxyl groups excluding tert-OH is 1. The predicted octanol–water partition coefficient (Wildman–Crippen LogP) is 3.03. The Hall–Kier alpha value is 0.0300. The molecule has 1 aromatic heterocycles. The Morgan fingerprint density at radius 1 is 1.50 bits per heavy atom. The van der Waals surface area contributed by atoms with Crippen molar-refractivity contribution in [3.63, 3.8) is 0 Å². The molecule has 2 unspecified atom stereocenters. The summed E-state index contributed by atoms with van der Waals surface area (Å²) in [4.78, 5) is 4.32. The van der Waals surface area contributed by atoms with E-state index in [9.17, 15) is 5.11 Å². The van der Waals surface area contributed by atoms with Crippen LogP contribution in [0.2, 0.25) is 0 Å². The fraction of sp³-hybridized carbons (Fsp3) is 0.545. The van der Waals surface area contributed by atoms with Crippen molar-refractivity contribution in [3.05, 3.63) is 26.9 Å². The highest BCUT2D eigenvalue weighted by Crippen LogP contribution is 2.24. The van der Waals surface area contributed by atoms with Crippen molar-refractivity contribution in [1.29, 1.82) is 0 Å². The van der Waals surface area contributed by atoms with Gasteiger partial charge in [0.05, 0.1) is 18.3 Å². The van der Waals surface area contributed by atoms with E-state index in [0.29, 0.717) is 6.04 Å². The molecule has 0 spiro atoms. The number of aliphatic hydroxyl groups is 1. The first-order valence-corrected chi connectivity index (χ1v) is 6.84. The summed E-state index contributed by atoms with van der Waals surface area (Å²) < 4.78 is 1.82. The summed E-state index contributed by atoms with van der Waals surface area (Å²) in [5.41, 5.74) is 0.839. The van der Waals surface area contributed by atoms with Crippen LogP contribution < -0.4 is 5.32 Å². The third kappa shape index (κ3) is 3.80. The second-order valence-corrected chi connectivity index (χ2v) is 5.50. The summed E-state index contributed by atoms with van der Waals surface area (Å²) in [5, 5.41) is 12.7. The van der Waals surface area contributed by atoms with E-state index in [-0.39, 0.29) is 12.6 Å². The average Bonchev–Trinajstić information content (AvgIpc) is 2.26. The maximum atomic E-state index is 9.38. The molecular weight excluding hydrogens is 336 g/mol. The summed E-state index contributed by atoms with van der Waals surface area (Å²) in [6.45, 7) is 4.24. The molecule has 90 valence electrons. The molecule has 2 atom stereocenters. The number of rotatable bonds is 5. The number of aromatic nitrogens is 1. The quantitative estimate of drug-likeness (QED) is 0.857. The van der Waals surface area contributed by atoms with Crippen LogP contribution in [0.4, 0.5) is 0 Å². The van der Waals surface area contributed by atoms with Gasteiger partial charge in [0.1, 0.15) is 0 Å². The first-order chi connectivity index (χ1) is 7.58. The fourth-order valence-electron chi connectivity index (χ4n) is 1.36. The SMILES string of the molecule is CCC(C)NC(CO)c1ncc(Br)cc1Br. The highest BCUT2D eigenvalue weighted by molar-refractivity contribution is 9.11. The molecule has 0 aromatic carbocycles. The van der Waals surface area contributed by atoms with Gasteiger partial charge in [-0.1, -0.05) is 6.92 Å². The zero-order valence-electron chi connectivity index (χ0n) is 9.37. The zero-order valence-corrected chi connectivity index (χ0v) is 12.5. The van der Waals surface area contributed by atoms with E-state index in [4.69, 9.17) is 0 Å². The summed E-state index contributed by atoms with van der Waals surface area (Å²) in [6.07, 6.45) is 2.76. The maximum absolute atomic E-state index is 9.38. The third-order valence-corrected chi connectivity index (χ3v) is 3.52. The molecule has 0 radical (unpaired) electrons. The molecule has 1 heterocycles. The van der Waals surface area contributed by atoms with Gasteiger partial charge >= 0.3 is 0 Å². The van der Waals surface area contributed by atoms with Crippen molar-refractivity contribution >= 4 is 31.9 Å². The number of hydrogen-bond donors (Lipinski definition) is 2. The Kier molecular flexibility index (Phi) is 5.89. The molecule has 3 nitrogen and oxygen atoms in total. The van der Waals surface area contributed by atoms with Crippen LogP contribution in [0.25, 0.3) is 0 Å². The minimum absolute atomic E-state index is 0.0393. The molecule has 1 aromatic rings. The predicted molar refractivity (Wildman–Crippen MR) is 72.4 cm³/mol. The van der Waals surface area contributed by atoms with E-state index >= 15 is 0 Å². The van der Waals surface area contributed by atoms with E-state index < -0.39 is 0 Å². The molecule has 0 fully saturated rings. The van der Waals surface area contributed by atoms with Crippen molar-refractivity contribution in [1.82, 2.24) is 10.3 Å². The monoisotopic (exact) mass is 350 g/mol. The van der Waals surface area contributed by atoms with Crippen LogP contribution in [0.15, 0.2) is 21.2 Å². The topological polar surface area (TPSA) is 45.1 Å². The summed E-state index contributed by atoms with van der Waals surface area (Å²) >= 11 is 6.81. The van der Waals surface area contributed by atoms with Gasteiger partial charge in [-0.3, -0.25) is 4.98 Å². The highest BCUT2D eigenvalue weighted by Gasteiger charge is 2.16. The van der Waals surface area contributed by atoms with E-state index in [1.54, 1.807) is 6.20 Å². The summed E-state index contributed by atoms with van der Waals surface area (Å²) in [5.74, 6) is 0. The number of pyridine rings is 1. The van der Waals surface area contributed by atoms with Crippen LogP contribution in [0.3, 0.4) is 0 Å². The molecular formula is C11H16Br2N2O. The van der Waals surface area contributed by atoms with Crippen LogP contribution >= 0.6 is 31.9 Å². The lowest BCUT2D eigenvalue weighted by molar-refractivity contribution is 0.231. The van der Waals surface area contributed by atoms with Crippen LogP contribution in [0, 0.1) is 0 Å². The number of halogens is 2. The Morgan fingerprint density at radius 3 is 2.69 bits per heavy atom. The molecule has 0 aliphatic heterocycles. The lowest BCUT2D eigenvalue weighted by Gasteiger charge is -2.21. The first-order valence-electron chi connectivity index (χ1n) is 5.26. The van der Waals surface area contributed by atoms with Gasteiger partial charge in [0, 0.05) is 21.2 Å². The van der Waals surface area contributed by atoms with Gasteiger partial charge in [0.15, 0.2) is 0 Å². The van der Waals surface area contributed by atoms with Gasteiger partial charge in [-0.05, 0) is 51.3 Å². The Bertz CT molecular complexity index is 347. The molecule has 0 bridgehead atoms. The van der Waals surface area contributed by atoms with E-state index in [0.717, 1.165) is 21.1 Å². The van der Waals surface area contributed by atoms with Gasteiger partial charge in [-0.25, -0.2) is 0 Å². The number of nitrogens with zero attached hydrogens (tertiary/aromatic N) is 1. The van der Waals surface area contributed by atoms with Gasteiger partial charge in [-0.2, -0.15) is 0 Å². The third-order valence-electron chi connectivity index (χ3n) is 2.45. The average molecular weight is 352 g/mol. The molecule has 0 aliphatic carbocycles. The van der Waals surface area contributed by atoms with Crippen LogP contribution in [0.1, 0.15) is 32.0 Å². The Morgan fingerprint density at radius 2 is 2.19 bits per heavy atom. The van der Waals surface area contributed by atoms with Crippen molar-refractivity contribution in [2.45, 2.75) is 32.4 Å². The molecule has 0 saturated heterocycles. The minimum Gasteiger partial charge on any atom is -0.394 e. The normalized spacial score (nSPS) is 14.8. The molecule has 0 aliphatic rings. The van der Waals surface area contributed by atoms with Crippen molar-refractivity contribution < 1.29 is 5.11 Å². The van der Waals surface area contributed by atoms with Gasteiger partial charge in [0.25, 0.3) is 0 Å². The van der Waals surface area contributed by atoms with E-state index in [1.165, 1.54) is 0 Å². The number of hydrogen-bond acceptors (Lipinski definition) is 3. The Labute approximate surface area is 113 Å². The second-order valence-electron chi connectivity index (χ2n) is 3.73. The second kappa shape index (κ2) is 6.69. The standard InChI is InChI=1S/C11H16Br2N2O/c1-3-7(2)15-10(6-16)11-9(13)4-8(12)5-14-11/h4-5,7,10,15-16H,3,6H2,1-2H3. The number of nitrogens with one attached hydrogen (secondary N) is 1. The lowest BCUT2D eigenvalue weighted by atomic mass is 10.1. The smallest absolute Gasteiger partial charge is 0.0743 e. The molecule has 2 N–H and O–H groups in total. The van der Waals surface area contributed by atoms with Gasteiger partial charge in [-0.15, -0.1) is 0 Å². The van der Waals surface area contributed by atoms with Crippen LogP contribution in [-0.2, 0) is 0 Å². The largest absolute Gasteiger partial charge is 0.394 e. The van der Waals surface area contributed by atoms with Crippen molar-refractivity contribution in [2.75, 3.05) is 6.61 Å². The Balaban J connectivity index is 2.86. The van der Waals surface area contributed by atoms with Gasteiger partial charge < -0.3 is 10.4 Å². The molecule has 1 rings (SSSR count). The van der Waals surface area contributed by atoms with Crippen LogP contribution in [0.5, 0.6) is 0 Å². The van der Waals surface area contributed by atoms with Crippen molar-refractivity contribution in [2.24, 2.45) is 0 Å². The summed E-state index contributed by atoms with van der Waals surface area (Å²) in [6, 6.07) is 2.16. The molecule has 0 amide bonds. The van der Waals surface area contributed by atoms with E-state index in [1.807, 2.05) is 6.07 Å². The molecule has 0 saturated carbocycles. The maximum Gasteiger partial charge on any atom is 0.0743 e. The molecule has 5 heteroatoms. The zero-order chi connectivity index (χ0) is 12.1. The lowest BCUT2D eigenvalue weighted by Crippen LogP contribution is -2.32.